The molecule has 0 unspecified atom stereocenters. The Morgan fingerprint density at radius 2 is 1.95 bits per heavy atom. The maximum atomic E-state index is 14.2. The molecule has 2 atom stereocenters. The molecule has 2 aliphatic heterocycles. The fraction of sp³-hybridized carbons (Fsp3) is 0.433. The third kappa shape index (κ3) is 6.42. The molecular formula is C30H38N8O4S. The molecule has 2 aromatic carbocycles. The molecule has 3 aromatic rings. The first-order valence-electron chi connectivity index (χ1n) is 14.7. The second kappa shape index (κ2) is 13.4. The molecule has 2 fully saturated rings. The highest BCUT2D eigenvalue weighted by Gasteiger charge is 2.52. The number of rotatable bonds is 12. The number of thiazole rings is 1. The third-order valence-electron chi connectivity index (χ3n) is 7.84. The van der Waals surface area contributed by atoms with Crippen molar-refractivity contribution in [3.8, 4) is 0 Å². The SMILES string of the molecule is CCCCNC(=O)N(CCC)N1CC(=O)N2[C@@H](Cc3ccc(NC=O)cc3)C(=O)N(Cc3cccc4sc(N)nc34)C[C@@H]21. The van der Waals surface area contributed by atoms with E-state index in [-0.39, 0.29) is 37.4 Å². The van der Waals surface area contributed by atoms with Gasteiger partial charge in [-0.1, -0.05) is 55.9 Å². The smallest absolute Gasteiger partial charge is 0.332 e. The fourth-order valence-electron chi connectivity index (χ4n) is 5.80. The van der Waals surface area contributed by atoms with E-state index in [0.29, 0.717) is 43.3 Å². The summed E-state index contributed by atoms with van der Waals surface area (Å²) in [5, 5.41) is 9.51. The zero-order valence-electron chi connectivity index (χ0n) is 24.5. The van der Waals surface area contributed by atoms with Crippen LogP contribution in [0.15, 0.2) is 42.5 Å². The van der Waals surface area contributed by atoms with Crippen molar-refractivity contribution in [3.63, 3.8) is 0 Å². The molecule has 4 N–H and O–H groups in total. The van der Waals surface area contributed by atoms with Gasteiger partial charge in [-0.05, 0) is 42.2 Å². The molecule has 2 saturated heterocycles. The van der Waals surface area contributed by atoms with E-state index in [4.69, 9.17) is 5.73 Å². The molecule has 3 heterocycles. The van der Waals surface area contributed by atoms with Gasteiger partial charge in [0.25, 0.3) is 0 Å². The van der Waals surface area contributed by atoms with Gasteiger partial charge in [0.2, 0.25) is 18.2 Å². The van der Waals surface area contributed by atoms with E-state index in [2.05, 4.69) is 22.5 Å². The molecule has 0 radical (unpaired) electrons. The van der Waals surface area contributed by atoms with E-state index in [0.717, 1.165) is 34.2 Å². The number of carbonyl (C=O) groups is 4. The Morgan fingerprint density at radius 3 is 2.67 bits per heavy atom. The summed E-state index contributed by atoms with van der Waals surface area (Å²) < 4.78 is 0.942. The van der Waals surface area contributed by atoms with Crippen LogP contribution in [0.3, 0.4) is 0 Å². The number of nitrogens with zero attached hydrogens (tertiary/aromatic N) is 5. The summed E-state index contributed by atoms with van der Waals surface area (Å²) in [6.07, 6.45) is 2.90. The zero-order chi connectivity index (χ0) is 30.5. The number of hydrogen-bond donors (Lipinski definition) is 3. The predicted molar refractivity (Wildman–Crippen MR) is 166 cm³/mol. The summed E-state index contributed by atoms with van der Waals surface area (Å²) in [6.45, 7) is 5.58. The van der Waals surface area contributed by atoms with Crippen LogP contribution in [0.1, 0.15) is 44.2 Å². The Labute approximate surface area is 254 Å². The van der Waals surface area contributed by atoms with Crippen LogP contribution in [0.25, 0.3) is 10.2 Å². The molecule has 43 heavy (non-hydrogen) atoms. The third-order valence-corrected chi connectivity index (χ3v) is 8.69. The summed E-state index contributed by atoms with van der Waals surface area (Å²) in [6, 6.07) is 12.0. The van der Waals surface area contributed by atoms with Crippen molar-refractivity contribution in [1.29, 1.82) is 0 Å². The van der Waals surface area contributed by atoms with Crippen LogP contribution in [-0.4, -0.2) is 87.4 Å². The average Bonchev–Trinajstić information content (AvgIpc) is 3.54. The lowest BCUT2D eigenvalue weighted by molar-refractivity contribution is -0.157. The first-order chi connectivity index (χ1) is 20.8. The van der Waals surface area contributed by atoms with Crippen molar-refractivity contribution >= 4 is 56.6 Å². The Morgan fingerprint density at radius 1 is 1.16 bits per heavy atom. The zero-order valence-corrected chi connectivity index (χ0v) is 25.3. The maximum Gasteiger partial charge on any atom is 0.332 e. The van der Waals surface area contributed by atoms with Gasteiger partial charge in [-0.25, -0.2) is 9.78 Å². The summed E-state index contributed by atoms with van der Waals surface area (Å²) in [7, 11) is 0. The van der Waals surface area contributed by atoms with Crippen LogP contribution in [0.4, 0.5) is 15.6 Å². The Balaban J connectivity index is 1.48. The molecule has 228 valence electrons. The second-order valence-corrected chi connectivity index (χ2v) is 11.9. The van der Waals surface area contributed by atoms with Crippen LogP contribution >= 0.6 is 11.3 Å². The van der Waals surface area contributed by atoms with Crippen LogP contribution in [0, 0.1) is 0 Å². The number of hydrogen-bond acceptors (Lipinski definition) is 8. The maximum absolute atomic E-state index is 14.2. The number of aromatic nitrogens is 1. The number of nitrogens with one attached hydrogen (secondary N) is 2. The van der Waals surface area contributed by atoms with Crippen molar-refractivity contribution in [2.75, 3.05) is 37.2 Å². The number of unbranched alkanes of at least 4 members (excludes halogenated alkanes) is 1. The lowest BCUT2D eigenvalue weighted by Crippen LogP contribution is -2.66. The average molecular weight is 607 g/mol. The number of carbonyl (C=O) groups excluding carboxylic acids is 4. The van der Waals surface area contributed by atoms with Crippen molar-refractivity contribution in [2.24, 2.45) is 0 Å². The number of nitrogens with two attached hydrogens (primary N) is 1. The van der Waals surface area contributed by atoms with E-state index in [9.17, 15) is 19.2 Å². The minimum absolute atomic E-state index is 0.00385. The highest BCUT2D eigenvalue weighted by molar-refractivity contribution is 7.22. The van der Waals surface area contributed by atoms with Crippen molar-refractivity contribution in [1.82, 2.24) is 30.1 Å². The molecule has 13 heteroatoms. The standard InChI is InChI=1S/C30H38N8O4S/c1-3-5-13-32-30(42)36(14-4-2)37-18-26(40)38-23(15-20-9-11-22(12-10-20)33-19-39)28(41)35(17-25(37)38)16-21-7-6-8-24-27(21)34-29(31)43-24/h6-12,19,23,25H,3-5,13-18H2,1-2H3,(H2,31,34)(H,32,42)(H,33,39)/t23-,25+/m0/s1. The fourth-order valence-corrected chi connectivity index (χ4v) is 6.58. The minimum Gasteiger partial charge on any atom is -0.375 e. The van der Waals surface area contributed by atoms with E-state index < -0.39 is 12.2 Å². The number of benzene rings is 2. The number of nitrogen functional groups attached to an aromatic ring is 1. The molecule has 0 aliphatic carbocycles. The summed E-state index contributed by atoms with van der Waals surface area (Å²) in [5.41, 5.74) is 9.12. The van der Waals surface area contributed by atoms with Crippen LogP contribution in [0.2, 0.25) is 0 Å². The molecule has 5 amide bonds. The van der Waals surface area contributed by atoms with Crippen molar-refractivity contribution in [3.05, 3.63) is 53.6 Å². The molecule has 1 aromatic heterocycles. The quantitative estimate of drug-likeness (QED) is 0.212. The van der Waals surface area contributed by atoms with Crippen LogP contribution in [-0.2, 0) is 27.3 Å². The highest BCUT2D eigenvalue weighted by Crippen LogP contribution is 2.32. The normalized spacial score (nSPS) is 18.7. The molecule has 0 bridgehead atoms. The largest absolute Gasteiger partial charge is 0.375 e. The monoisotopic (exact) mass is 606 g/mol. The Kier molecular flexibility index (Phi) is 9.41. The van der Waals surface area contributed by atoms with Gasteiger partial charge in [-0.15, -0.1) is 0 Å². The second-order valence-electron chi connectivity index (χ2n) is 10.8. The number of urea groups is 1. The molecule has 5 rings (SSSR count). The molecule has 12 nitrogen and oxygen atoms in total. The Bertz CT molecular complexity index is 1480. The van der Waals surface area contributed by atoms with E-state index in [1.807, 2.05) is 42.3 Å². The number of fused-ring (bicyclic) bond motifs is 2. The first kappa shape index (κ1) is 30.2. The van der Waals surface area contributed by atoms with Gasteiger partial charge in [-0.3, -0.25) is 19.4 Å². The highest BCUT2D eigenvalue weighted by atomic mass is 32.1. The van der Waals surface area contributed by atoms with Crippen LogP contribution in [0.5, 0.6) is 0 Å². The van der Waals surface area contributed by atoms with Gasteiger partial charge in [-0.2, -0.15) is 5.01 Å². The van der Waals surface area contributed by atoms with E-state index in [1.54, 1.807) is 26.9 Å². The van der Waals surface area contributed by atoms with E-state index >= 15 is 0 Å². The molecule has 0 saturated carbocycles. The number of piperazine rings is 1. The molecular weight excluding hydrogens is 568 g/mol. The lowest BCUT2D eigenvalue weighted by Gasteiger charge is -2.46. The van der Waals surface area contributed by atoms with Gasteiger partial charge in [0, 0.05) is 31.7 Å². The number of hydrazine groups is 1. The first-order valence-corrected chi connectivity index (χ1v) is 15.5. The van der Waals surface area contributed by atoms with Gasteiger partial charge in [0.05, 0.1) is 23.3 Å². The van der Waals surface area contributed by atoms with Gasteiger partial charge >= 0.3 is 6.03 Å². The summed E-state index contributed by atoms with van der Waals surface area (Å²) >= 11 is 1.40. The van der Waals surface area contributed by atoms with Crippen LogP contribution < -0.4 is 16.4 Å². The van der Waals surface area contributed by atoms with E-state index in [1.165, 1.54) is 11.3 Å². The molecule has 0 spiro atoms. The summed E-state index contributed by atoms with van der Waals surface area (Å²) in [5.74, 6) is -0.365. The Hall–Kier alpha value is -4.23. The predicted octanol–water partition coefficient (Wildman–Crippen LogP) is 3.01. The minimum atomic E-state index is -0.771. The topological polar surface area (TPSA) is 144 Å². The van der Waals surface area contributed by atoms with Gasteiger partial charge < -0.3 is 26.2 Å². The number of para-hydroxylation sites is 1. The van der Waals surface area contributed by atoms with Gasteiger partial charge in [0.1, 0.15) is 12.2 Å². The lowest BCUT2D eigenvalue weighted by atomic mass is 9.99. The van der Waals surface area contributed by atoms with Crippen molar-refractivity contribution < 1.29 is 19.2 Å². The molecule has 2 aliphatic rings. The summed E-state index contributed by atoms with van der Waals surface area (Å²) in [4.78, 5) is 59.9. The van der Waals surface area contributed by atoms with Gasteiger partial charge in [0.15, 0.2) is 5.13 Å². The van der Waals surface area contributed by atoms with Crippen molar-refractivity contribution in [2.45, 2.75) is 58.3 Å². The number of amides is 5. The number of anilines is 2.